The molecule has 8 nitrogen and oxygen atoms in total. The van der Waals surface area contributed by atoms with Crippen LogP contribution in [0.3, 0.4) is 0 Å². The van der Waals surface area contributed by atoms with Crippen molar-refractivity contribution >= 4 is 23.2 Å². The Morgan fingerprint density at radius 1 is 1.00 bits per heavy atom. The lowest BCUT2D eigenvalue weighted by atomic mass is 10.0. The van der Waals surface area contributed by atoms with Crippen molar-refractivity contribution in [1.82, 2.24) is 20.6 Å². The highest BCUT2D eigenvalue weighted by Gasteiger charge is 2.16. The summed E-state index contributed by atoms with van der Waals surface area (Å²) in [4.78, 5) is 11.9. The molecule has 5 N–H and O–H groups in total. The standard InChI is InChI=1S/C20H15ClN6O2/c21-14-6-4-11(5-7-14)13-9-16(19(23)28)18(22)17(10-13)29-15-3-1-2-12(8-15)20-24-26-27-25-20/h1-10H,22H2,(H2,23,28)(H,24,25,26,27). The average molecular weight is 407 g/mol. The molecular formula is C20H15ClN6O2. The second-order valence-corrected chi connectivity index (χ2v) is 6.61. The minimum atomic E-state index is -0.649. The first kappa shape index (κ1) is 18.5. The number of aromatic amines is 1. The molecule has 0 saturated carbocycles. The molecule has 0 fully saturated rings. The molecule has 0 unspecified atom stereocenters. The molecule has 0 aliphatic heterocycles. The number of anilines is 1. The number of tetrazole rings is 1. The highest BCUT2D eigenvalue weighted by molar-refractivity contribution is 6.30. The van der Waals surface area contributed by atoms with Crippen molar-refractivity contribution in [3.63, 3.8) is 0 Å². The van der Waals surface area contributed by atoms with Crippen LogP contribution in [0.25, 0.3) is 22.5 Å². The Morgan fingerprint density at radius 3 is 2.48 bits per heavy atom. The van der Waals surface area contributed by atoms with Gasteiger partial charge < -0.3 is 16.2 Å². The molecule has 0 bridgehead atoms. The Morgan fingerprint density at radius 2 is 1.79 bits per heavy atom. The Labute approximate surface area is 170 Å². The van der Waals surface area contributed by atoms with Gasteiger partial charge in [0.15, 0.2) is 5.75 Å². The Hall–Kier alpha value is -3.91. The number of hydrogen-bond donors (Lipinski definition) is 3. The maximum atomic E-state index is 11.9. The van der Waals surface area contributed by atoms with Crippen molar-refractivity contribution in [1.29, 1.82) is 0 Å². The molecule has 4 rings (SSSR count). The van der Waals surface area contributed by atoms with E-state index in [0.29, 0.717) is 33.5 Å². The predicted octanol–water partition coefficient (Wildman–Crippen LogP) is 3.66. The van der Waals surface area contributed by atoms with Gasteiger partial charge in [0.1, 0.15) is 5.75 Å². The molecule has 1 amide bonds. The number of primary amides is 1. The number of nitrogen functional groups attached to an aromatic ring is 1. The number of halogens is 1. The molecule has 0 saturated heterocycles. The first-order chi connectivity index (χ1) is 14.0. The maximum absolute atomic E-state index is 11.9. The fourth-order valence-corrected chi connectivity index (χ4v) is 2.96. The Bertz CT molecular complexity index is 1180. The lowest BCUT2D eigenvalue weighted by molar-refractivity contribution is 0.100. The zero-order chi connectivity index (χ0) is 20.4. The van der Waals surface area contributed by atoms with Crippen LogP contribution >= 0.6 is 11.6 Å². The van der Waals surface area contributed by atoms with Crippen molar-refractivity contribution in [3.05, 3.63) is 71.2 Å². The summed E-state index contributed by atoms with van der Waals surface area (Å²) in [7, 11) is 0. The van der Waals surface area contributed by atoms with Crippen LogP contribution in [0.1, 0.15) is 10.4 Å². The van der Waals surface area contributed by atoms with Crippen LogP contribution in [0.15, 0.2) is 60.7 Å². The molecule has 144 valence electrons. The van der Waals surface area contributed by atoms with E-state index >= 15 is 0 Å². The van der Waals surface area contributed by atoms with Crippen LogP contribution in [0.5, 0.6) is 11.5 Å². The lowest BCUT2D eigenvalue weighted by Crippen LogP contribution is -2.14. The van der Waals surface area contributed by atoms with Gasteiger partial charge >= 0.3 is 0 Å². The van der Waals surface area contributed by atoms with E-state index in [0.717, 1.165) is 5.56 Å². The topological polar surface area (TPSA) is 133 Å². The zero-order valence-electron chi connectivity index (χ0n) is 15.0. The van der Waals surface area contributed by atoms with Crippen molar-refractivity contribution in [2.24, 2.45) is 5.73 Å². The van der Waals surface area contributed by atoms with Crippen LogP contribution in [0.4, 0.5) is 5.69 Å². The normalized spacial score (nSPS) is 10.7. The first-order valence-corrected chi connectivity index (χ1v) is 8.90. The van der Waals surface area contributed by atoms with E-state index < -0.39 is 5.91 Å². The number of ether oxygens (including phenoxy) is 1. The maximum Gasteiger partial charge on any atom is 0.250 e. The summed E-state index contributed by atoms with van der Waals surface area (Å²) in [5.41, 5.74) is 14.2. The molecule has 1 aromatic heterocycles. The summed E-state index contributed by atoms with van der Waals surface area (Å²) >= 11 is 5.97. The van der Waals surface area contributed by atoms with Crippen molar-refractivity contribution in [2.75, 3.05) is 5.73 Å². The molecule has 0 radical (unpaired) electrons. The number of rotatable bonds is 5. The van der Waals surface area contributed by atoms with Crippen LogP contribution in [-0.2, 0) is 0 Å². The fraction of sp³-hybridized carbons (Fsp3) is 0. The third-order valence-corrected chi connectivity index (χ3v) is 4.50. The number of H-pyrrole nitrogens is 1. The van der Waals surface area contributed by atoms with Crippen LogP contribution < -0.4 is 16.2 Å². The van der Waals surface area contributed by atoms with E-state index in [9.17, 15) is 4.79 Å². The van der Waals surface area contributed by atoms with Gasteiger partial charge in [0.05, 0.1) is 11.3 Å². The lowest BCUT2D eigenvalue weighted by Gasteiger charge is -2.14. The van der Waals surface area contributed by atoms with Gasteiger partial charge in [-0.25, -0.2) is 0 Å². The van der Waals surface area contributed by atoms with Gasteiger partial charge in [-0.2, -0.15) is 5.21 Å². The Balaban J connectivity index is 1.76. The minimum Gasteiger partial charge on any atom is -0.455 e. The van der Waals surface area contributed by atoms with E-state index in [1.165, 1.54) is 0 Å². The molecular weight excluding hydrogens is 392 g/mol. The van der Waals surface area contributed by atoms with Gasteiger partial charge in [-0.1, -0.05) is 35.9 Å². The number of nitrogens with one attached hydrogen (secondary N) is 1. The van der Waals surface area contributed by atoms with E-state index in [4.69, 9.17) is 27.8 Å². The molecule has 4 aromatic rings. The van der Waals surface area contributed by atoms with E-state index in [-0.39, 0.29) is 11.3 Å². The molecule has 0 atom stereocenters. The van der Waals surface area contributed by atoms with E-state index in [2.05, 4.69) is 20.6 Å². The molecule has 0 spiro atoms. The number of amides is 1. The number of hydrogen-bond acceptors (Lipinski definition) is 6. The van der Waals surface area contributed by atoms with Gasteiger partial charge in [0, 0.05) is 10.6 Å². The third kappa shape index (κ3) is 3.87. The Kier molecular flexibility index (Phi) is 4.84. The minimum absolute atomic E-state index is 0.153. The molecule has 3 aromatic carbocycles. The van der Waals surface area contributed by atoms with Crippen LogP contribution in [0.2, 0.25) is 5.02 Å². The first-order valence-electron chi connectivity index (χ1n) is 8.52. The highest BCUT2D eigenvalue weighted by atomic mass is 35.5. The molecule has 0 aliphatic rings. The quantitative estimate of drug-likeness (QED) is 0.433. The summed E-state index contributed by atoms with van der Waals surface area (Å²) in [5, 5.41) is 14.5. The second kappa shape index (κ2) is 7.61. The van der Waals surface area contributed by atoms with Gasteiger partial charge in [0.25, 0.3) is 5.91 Å². The number of carbonyl (C=O) groups excluding carboxylic acids is 1. The summed E-state index contributed by atoms with van der Waals surface area (Å²) in [5.74, 6) is 0.569. The third-order valence-electron chi connectivity index (χ3n) is 4.25. The van der Waals surface area contributed by atoms with E-state index in [1.54, 1.807) is 42.5 Å². The fourth-order valence-electron chi connectivity index (χ4n) is 2.83. The number of carbonyl (C=O) groups is 1. The zero-order valence-corrected chi connectivity index (χ0v) is 15.7. The van der Waals surface area contributed by atoms with Crippen LogP contribution in [0, 0.1) is 0 Å². The van der Waals surface area contributed by atoms with Gasteiger partial charge in [-0.15, -0.1) is 10.2 Å². The number of benzene rings is 3. The summed E-state index contributed by atoms with van der Waals surface area (Å²) in [6, 6.07) is 17.6. The number of nitrogens with zero attached hydrogens (tertiary/aromatic N) is 3. The van der Waals surface area contributed by atoms with Crippen molar-refractivity contribution < 1.29 is 9.53 Å². The smallest absolute Gasteiger partial charge is 0.250 e. The van der Waals surface area contributed by atoms with E-state index in [1.807, 2.05) is 18.2 Å². The molecule has 1 heterocycles. The molecule has 29 heavy (non-hydrogen) atoms. The molecule has 0 aliphatic carbocycles. The summed E-state index contributed by atoms with van der Waals surface area (Å²) in [6.07, 6.45) is 0. The van der Waals surface area contributed by atoms with Crippen LogP contribution in [-0.4, -0.2) is 26.5 Å². The predicted molar refractivity (Wildman–Crippen MR) is 110 cm³/mol. The number of nitrogens with two attached hydrogens (primary N) is 2. The summed E-state index contributed by atoms with van der Waals surface area (Å²) in [6.45, 7) is 0. The summed E-state index contributed by atoms with van der Waals surface area (Å²) < 4.78 is 5.98. The second-order valence-electron chi connectivity index (χ2n) is 6.17. The van der Waals surface area contributed by atoms with Crippen molar-refractivity contribution in [2.45, 2.75) is 0 Å². The van der Waals surface area contributed by atoms with Crippen molar-refractivity contribution in [3.8, 4) is 34.0 Å². The average Bonchev–Trinajstić information content (AvgIpc) is 3.25. The largest absolute Gasteiger partial charge is 0.455 e. The van der Waals surface area contributed by atoms with Gasteiger partial charge in [-0.3, -0.25) is 4.79 Å². The SMILES string of the molecule is NC(=O)c1cc(-c2ccc(Cl)cc2)cc(Oc2cccc(-c3nn[nH]n3)c2)c1N. The van der Waals surface area contributed by atoms with Gasteiger partial charge in [-0.05, 0) is 52.7 Å². The number of aromatic nitrogens is 4. The van der Waals surface area contributed by atoms with Gasteiger partial charge in [0.2, 0.25) is 5.82 Å². The molecule has 9 heteroatoms. The monoisotopic (exact) mass is 406 g/mol. The highest BCUT2D eigenvalue weighted by Crippen LogP contribution is 2.36.